The third-order valence-corrected chi connectivity index (χ3v) is 3.51. The van der Waals surface area contributed by atoms with Crippen molar-refractivity contribution < 1.29 is 0 Å². The van der Waals surface area contributed by atoms with Gasteiger partial charge in [0.25, 0.3) is 0 Å². The van der Waals surface area contributed by atoms with Crippen LogP contribution >= 0.6 is 0 Å². The Bertz CT molecular complexity index is 307. The van der Waals surface area contributed by atoms with E-state index in [-0.39, 0.29) is 0 Å². The van der Waals surface area contributed by atoms with Crippen molar-refractivity contribution >= 4 is 0 Å². The number of unbranched alkanes of at least 4 members (excludes halogenated alkanes) is 1. The largest absolute Gasteiger partial charge is 0.314 e. The number of hydrogen-bond acceptors (Lipinski definition) is 3. The minimum Gasteiger partial charge on any atom is -0.314 e. The van der Waals surface area contributed by atoms with Crippen LogP contribution in [0.25, 0.3) is 0 Å². The summed E-state index contributed by atoms with van der Waals surface area (Å²) in [6.45, 7) is 6.83. The molecule has 1 aliphatic heterocycles. The van der Waals surface area contributed by atoms with Crippen molar-refractivity contribution in [2.45, 2.75) is 32.2 Å². The number of aromatic nitrogens is 1. The van der Waals surface area contributed by atoms with Crippen molar-refractivity contribution in [1.82, 2.24) is 15.2 Å². The Balaban J connectivity index is 2.06. The molecule has 0 bridgehead atoms. The van der Waals surface area contributed by atoms with Crippen molar-refractivity contribution in [3.05, 3.63) is 30.1 Å². The summed E-state index contributed by atoms with van der Waals surface area (Å²) in [6.07, 6.45) is 7.66. The van der Waals surface area contributed by atoms with Crippen molar-refractivity contribution in [3.63, 3.8) is 0 Å². The fourth-order valence-electron chi connectivity index (χ4n) is 2.54. The molecule has 0 spiro atoms. The number of rotatable bonds is 5. The fraction of sp³-hybridized carbons (Fsp3) is 0.643. The summed E-state index contributed by atoms with van der Waals surface area (Å²) in [6, 6.07) is 4.92. The maximum absolute atomic E-state index is 4.12. The second kappa shape index (κ2) is 6.72. The molecule has 0 amide bonds. The predicted molar refractivity (Wildman–Crippen MR) is 70.9 cm³/mol. The molecular formula is C14H23N3. The first-order valence-corrected chi connectivity index (χ1v) is 6.76. The highest BCUT2D eigenvalue weighted by atomic mass is 15.2. The maximum Gasteiger partial charge on any atom is 0.0350 e. The monoisotopic (exact) mass is 233 g/mol. The van der Waals surface area contributed by atoms with E-state index in [0.29, 0.717) is 6.04 Å². The van der Waals surface area contributed by atoms with E-state index in [1.54, 1.807) is 0 Å². The summed E-state index contributed by atoms with van der Waals surface area (Å²) in [5, 5.41) is 3.42. The van der Waals surface area contributed by atoms with Gasteiger partial charge in [-0.1, -0.05) is 19.8 Å². The highest BCUT2D eigenvalue weighted by molar-refractivity contribution is 5.15. The zero-order valence-electron chi connectivity index (χ0n) is 10.7. The minimum atomic E-state index is 0.583. The second-order valence-corrected chi connectivity index (χ2v) is 4.72. The molecule has 1 aromatic rings. The van der Waals surface area contributed by atoms with Gasteiger partial charge >= 0.3 is 0 Å². The van der Waals surface area contributed by atoms with Crippen LogP contribution in [0, 0.1) is 0 Å². The molecule has 3 nitrogen and oxygen atoms in total. The summed E-state index contributed by atoms with van der Waals surface area (Å²) in [5.41, 5.74) is 1.43. The highest BCUT2D eigenvalue weighted by Crippen LogP contribution is 2.26. The van der Waals surface area contributed by atoms with Crippen molar-refractivity contribution in [3.8, 4) is 0 Å². The molecular weight excluding hydrogens is 210 g/mol. The Labute approximate surface area is 104 Å². The van der Waals surface area contributed by atoms with E-state index in [1.807, 2.05) is 12.4 Å². The van der Waals surface area contributed by atoms with Crippen molar-refractivity contribution in [2.24, 2.45) is 0 Å². The summed E-state index contributed by atoms with van der Waals surface area (Å²) < 4.78 is 0. The van der Waals surface area contributed by atoms with Gasteiger partial charge in [0.2, 0.25) is 0 Å². The minimum absolute atomic E-state index is 0.583. The van der Waals surface area contributed by atoms with E-state index in [1.165, 1.54) is 24.8 Å². The molecule has 1 fully saturated rings. The van der Waals surface area contributed by atoms with E-state index in [2.05, 4.69) is 34.3 Å². The molecule has 0 aromatic carbocycles. The van der Waals surface area contributed by atoms with E-state index < -0.39 is 0 Å². The zero-order chi connectivity index (χ0) is 11.9. The first-order valence-electron chi connectivity index (χ1n) is 6.76. The van der Waals surface area contributed by atoms with Crippen LogP contribution in [0.4, 0.5) is 0 Å². The quantitative estimate of drug-likeness (QED) is 0.845. The van der Waals surface area contributed by atoms with Crippen molar-refractivity contribution in [1.29, 1.82) is 0 Å². The lowest BCUT2D eigenvalue weighted by molar-refractivity contribution is 0.163. The Morgan fingerprint density at radius 3 is 2.65 bits per heavy atom. The van der Waals surface area contributed by atoms with E-state index in [4.69, 9.17) is 0 Å². The molecule has 0 unspecified atom stereocenters. The van der Waals surface area contributed by atoms with Gasteiger partial charge in [-0.25, -0.2) is 0 Å². The van der Waals surface area contributed by atoms with Crippen LogP contribution in [0.1, 0.15) is 37.8 Å². The number of hydrogen-bond donors (Lipinski definition) is 1. The smallest absolute Gasteiger partial charge is 0.0350 e. The SMILES string of the molecule is CCCC[C@@H](c1ccncc1)N1CCNCC1. The van der Waals surface area contributed by atoms with Gasteiger partial charge in [0, 0.05) is 44.6 Å². The molecule has 0 saturated carbocycles. The standard InChI is InChI=1S/C14H23N3/c1-2-3-4-14(13-5-7-15-8-6-13)17-11-9-16-10-12-17/h5-8,14,16H,2-4,9-12H2,1H3/t14-/m0/s1. The van der Waals surface area contributed by atoms with E-state index in [0.717, 1.165) is 26.2 Å². The average molecular weight is 233 g/mol. The molecule has 1 atom stereocenters. The Morgan fingerprint density at radius 2 is 2.00 bits per heavy atom. The van der Waals surface area contributed by atoms with Crippen LogP contribution in [-0.4, -0.2) is 36.1 Å². The average Bonchev–Trinajstić information content (AvgIpc) is 2.42. The Kier molecular flexibility index (Phi) is 4.95. The van der Waals surface area contributed by atoms with Gasteiger partial charge in [-0.2, -0.15) is 0 Å². The molecule has 1 saturated heterocycles. The van der Waals surface area contributed by atoms with Crippen LogP contribution < -0.4 is 5.32 Å². The Morgan fingerprint density at radius 1 is 1.29 bits per heavy atom. The lowest BCUT2D eigenvalue weighted by Gasteiger charge is -2.35. The molecule has 1 N–H and O–H groups in total. The van der Waals surface area contributed by atoms with Crippen LogP contribution in [-0.2, 0) is 0 Å². The number of nitrogens with one attached hydrogen (secondary N) is 1. The fourth-order valence-corrected chi connectivity index (χ4v) is 2.54. The molecule has 2 heterocycles. The highest BCUT2D eigenvalue weighted by Gasteiger charge is 2.21. The van der Waals surface area contributed by atoms with Gasteiger partial charge < -0.3 is 5.32 Å². The van der Waals surface area contributed by atoms with Crippen LogP contribution in [0.15, 0.2) is 24.5 Å². The molecule has 17 heavy (non-hydrogen) atoms. The number of pyridine rings is 1. The topological polar surface area (TPSA) is 28.2 Å². The first-order chi connectivity index (χ1) is 8.42. The van der Waals surface area contributed by atoms with Gasteiger partial charge in [0.1, 0.15) is 0 Å². The van der Waals surface area contributed by atoms with Gasteiger partial charge in [-0.05, 0) is 24.1 Å². The van der Waals surface area contributed by atoms with Gasteiger partial charge in [-0.15, -0.1) is 0 Å². The zero-order valence-corrected chi connectivity index (χ0v) is 10.7. The van der Waals surface area contributed by atoms with Crippen LogP contribution in [0.5, 0.6) is 0 Å². The first kappa shape index (κ1) is 12.5. The van der Waals surface area contributed by atoms with Crippen LogP contribution in [0.3, 0.4) is 0 Å². The third kappa shape index (κ3) is 3.51. The number of nitrogens with zero attached hydrogens (tertiary/aromatic N) is 2. The molecule has 94 valence electrons. The second-order valence-electron chi connectivity index (χ2n) is 4.72. The third-order valence-electron chi connectivity index (χ3n) is 3.51. The van der Waals surface area contributed by atoms with Gasteiger partial charge in [0.05, 0.1) is 0 Å². The van der Waals surface area contributed by atoms with Gasteiger partial charge in [-0.3, -0.25) is 9.88 Å². The summed E-state index contributed by atoms with van der Waals surface area (Å²) >= 11 is 0. The maximum atomic E-state index is 4.12. The molecule has 1 aliphatic rings. The van der Waals surface area contributed by atoms with Crippen LogP contribution in [0.2, 0.25) is 0 Å². The lowest BCUT2D eigenvalue weighted by atomic mass is 10.00. The molecule has 3 heteroatoms. The molecule has 0 aliphatic carbocycles. The molecule has 1 aromatic heterocycles. The molecule has 0 radical (unpaired) electrons. The van der Waals surface area contributed by atoms with E-state index in [9.17, 15) is 0 Å². The Hall–Kier alpha value is -0.930. The van der Waals surface area contributed by atoms with E-state index >= 15 is 0 Å². The van der Waals surface area contributed by atoms with Crippen molar-refractivity contribution in [2.75, 3.05) is 26.2 Å². The summed E-state index contributed by atoms with van der Waals surface area (Å²) in [5.74, 6) is 0. The summed E-state index contributed by atoms with van der Waals surface area (Å²) in [7, 11) is 0. The summed E-state index contributed by atoms with van der Waals surface area (Å²) in [4.78, 5) is 6.73. The normalized spacial score (nSPS) is 19.1. The van der Waals surface area contributed by atoms with Gasteiger partial charge in [0.15, 0.2) is 0 Å². The molecule has 2 rings (SSSR count). The number of piperazine rings is 1. The predicted octanol–water partition coefficient (Wildman–Crippen LogP) is 2.22. The lowest BCUT2D eigenvalue weighted by Crippen LogP contribution is -2.45.